The number of para-hydroxylation sites is 2. The summed E-state index contributed by atoms with van der Waals surface area (Å²) in [6.07, 6.45) is 0.663. The normalized spacial score (nSPS) is 15.9. The number of nitrogens with one attached hydrogen (secondary N) is 2. The second-order valence-corrected chi connectivity index (χ2v) is 7.88. The minimum absolute atomic E-state index is 0.0710. The van der Waals surface area contributed by atoms with Crippen molar-refractivity contribution in [2.75, 3.05) is 43.9 Å². The van der Waals surface area contributed by atoms with Crippen molar-refractivity contribution < 1.29 is 14.7 Å². The Morgan fingerprint density at radius 1 is 1.13 bits per heavy atom. The van der Waals surface area contributed by atoms with Crippen LogP contribution in [0, 0.1) is 5.92 Å². The maximum absolute atomic E-state index is 12.6. The molecule has 0 aromatic heterocycles. The number of urea groups is 1. The number of carbonyl (C=O) groups is 2. The molecule has 7 heteroatoms. The van der Waals surface area contributed by atoms with Crippen LogP contribution >= 0.6 is 0 Å². The Balaban J connectivity index is 1.64. The van der Waals surface area contributed by atoms with Gasteiger partial charge in [-0.3, -0.25) is 4.79 Å². The summed E-state index contributed by atoms with van der Waals surface area (Å²) in [5, 5.41) is 16.5. The Hall–Kier alpha value is -2.90. The summed E-state index contributed by atoms with van der Waals surface area (Å²) in [7, 11) is 3.88. The molecule has 2 aromatic carbocycles. The summed E-state index contributed by atoms with van der Waals surface area (Å²) in [6.45, 7) is 1.59. The van der Waals surface area contributed by atoms with Gasteiger partial charge in [-0.15, -0.1) is 0 Å². The molecule has 0 spiro atoms. The molecule has 7 nitrogen and oxygen atoms in total. The van der Waals surface area contributed by atoms with Crippen molar-refractivity contribution in [3.8, 4) is 0 Å². The lowest BCUT2D eigenvalue weighted by Crippen LogP contribution is -2.39. The lowest BCUT2D eigenvalue weighted by atomic mass is 9.95. The highest BCUT2D eigenvalue weighted by Gasteiger charge is 2.25. The third kappa shape index (κ3) is 5.58. The standard InChI is InChI=1S/C23H30N4O3/c1-26(2)16-18(22(29)17-9-4-3-5-10-17)15-24-23(30)25-19-11-6-7-12-20(19)27-14-8-13-21(27)28/h3-7,9-12,18,22,29H,8,13-16H2,1-2H3,(H2,24,25,30)/t18-,22-/m1/s1. The van der Waals surface area contributed by atoms with Crippen molar-refractivity contribution >= 4 is 23.3 Å². The summed E-state index contributed by atoms with van der Waals surface area (Å²) in [6, 6.07) is 16.4. The lowest BCUT2D eigenvalue weighted by molar-refractivity contribution is -0.117. The number of carbonyl (C=O) groups excluding carboxylic acids is 2. The van der Waals surface area contributed by atoms with Crippen molar-refractivity contribution in [3.05, 3.63) is 60.2 Å². The van der Waals surface area contributed by atoms with Crippen LogP contribution in [-0.2, 0) is 4.79 Å². The molecule has 2 atom stereocenters. The van der Waals surface area contributed by atoms with Gasteiger partial charge in [-0.2, -0.15) is 0 Å². The summed E-state index contributed by atoms with van der Waals surface area (Å²) < 4.78 is 0. The number of aliphatic hydroxyl groups is 1. The largest absolute Gasteiger partial charge is 0.388 e. The highest BCUT2D eigenvalue weighted by atomic mass is 16.3. The third-order valence-corrected chi connectivity index (χ3v) is 5.23. The van der Waals surface area contributed by atoms with Gasteiger partial charge in [0, 0.05) is 32.0 Å². The van der Waals surface area contributed by atoms with Gasteiger partial charge in [0.25, 0.3) is 0 Å². The highest BCUT2D eigenvalue weighted by Crippen LogP contribution is 2.29. The van der Waals surface area contributed by atoms with Gasteiger partial charge in [0.15, 0.2) is 0 Å². The van der Waals surface area contributed by atoms with Crippen LogP contribution in [0.5, 0.6) is 0 Å². The fourth-order valence-electron chi connectivity index (χ4n) is 3.78. The van der Waals surface area contributed by atoms with Crippen LogP contribution in [0.25, 0.3) is 0 Å². The molecule has 1 saturated heterocycles. The first-order valence-electron chi connectivity index (χ1n) is 10.3. The summed E-state index contributed by atoms with van der Waals surface area (Å²) in [4.78, 5) is 28.4. The maximum atomic E-state index is 12.6. The van der Waals surface area contributed by atoms with Crippen LogP contribution in [0.15, 0.2) is 54.6 Å². The minimum Gasteiger partial charge on any atom is -0.388 e. The van der Waals surface area contributed by atoms with E-state index in [4.69, 9.17) is 0 Å². The van der Waals surface area contributed by atoms with Crippen molar-refractivity contribution in [3.63, 3.8) is 0 Å². The number of amides is 3. The van der Waals surface area contributed by atoms with Crippen LogP contribution in [0.3, 0.4) is 0 Å². The molecule has 0 bridgehead atoms. The average Bonchev–Trinajstić information content (AvgIpc) is 3.17. The molecule has 3 amide bonds. The van der Waals surface area contributed by atoms with E-state index in [-0.39, 0.29) is 17.9 Å². The molecular formula is C23H30N4O3. The van der Waals surface area contributed by atoms with Crippen LogP contribution in [0.4, 0.5) is 16.2 Å². The summed E-state index contributed by atoms with van der Waals surface area (Å²) in [5.41, 5.74) is 2.13. The lowest BCUT2D eigenvalue weighted by Gasteiger charge is -2.27. The smallest absolute Gasteiger partial charge is 0.319 e. The molecule has 1 heterocycles. The SMILES string of the molecule is CN(C)C[C@@H](CNC(=O)Nc1ccccc1N1CCCC1=O)[C@H](O)c1ccccc1. The van der Waals surface area contributed by atoms with Gasteiger partial charge >= 0.3 is 6.03 Å². The molecule has 1 aliphatic heterocycles. The quantitative estimate of drug-likeness (QED) is 0.625. The van der Waals surface area contributed by atoms with E-state index in [0.29, 0.717) is 37.4 Å². The van der Waals surface area contributed by atoms with Crippen LogP contribution in [0.2, 0.25) is 0 Å². The monoisotopic (exact) mass is 410 g/mol. The Morgan fingerprint density at radius 3 is 2.50 bits per heavy atom. The van der Waals surface area contributed by atoms with Gasteiger partial charge in [0.05, 0.1) is 17.5 Å². The average molecular weight is 411 g/mol. The van der Waals surface area contributed by atoms with Crippen LogP contribution < -0.4 is 15.5 Å². The second-order valence-electron chi connectivity index (χ2n) is 7.88. The predicted octanol–water partition coefficient (Wildman–Crippen LogP) is 2.85. The molecule has 3 N–H and O–H groups in total. The van der Waals surface area contributed by atoms with E-state index < -0.39 is 6.10 Å². The van der Waals surface area contributed by atoms with E-state index in [0.717, 1.165) is 12.0 Å². The molecule has 30 heavy (non-hydrogen) atoms. The molecule has 3 rings (SSSR count). The Bertz CT molecular complexity index is 857. The fourth-order valence-corrected chi connectivity index (χ4v) is 3.78. The minimum atomic E-state index is -0.691. The van der Waals surface area contributed by atoms with Gasteiger partial charge in [0.2, 0.25) is 5.91 Å². The number of rotatable bonds is 8. The molecule has 1 aliphatic rings. The molecule has 1 fully saturated rings. The van der Waals surface area contributed by atoms with Gasteiger partial charge < -0.3 is 25.5 Å². The highest BCUT2D eigenvalue weighted by molar-refractivity contribution is 6.01. The number of hydrogen-bond donors (Lipinski definition) is 3. The Kier molecular flexibility index (Phi) is 7.43. The first-order valence-corrected chi connectivity index (χ1v) is 10.3. The van der Waals surface area contributed by atoms with Gasteiger partial charge in [-0.25, -0.2) is 4.79 Å². The molecule has 160 valence electrons. The zero-order chi connectivity index (χ0) is 21.5. The zero-order valence-corrected chi connectivity index (χ0v) is 17.5. The summed E-state index contributed by atoms with van der Waals surface area (Å²) >= 11 is 0. The molecule has 0 radical (unpaired) electrons. The van der Waals surface area contributed by atoms with E-state index in [1.165, 1.54) is 0 Å². The van der Waals surface area contributed by atoms with E-state index in [1.807, 2.05) is 67.5 Å². The number of aliphatic hydroxyl groups excluding tert-OH is 1. The Morgan fingerprint density at radius 2 is 1.83 bits per heavy atom. The van der Waals surface area contributed by atoms with Crippen molar-refractivity contribution in [1.29, 1.82) is 0 Å². The molecule has 0 saturated carbocycles. The fraction of sp³-hybridized carbons (Fsp3) is 0.391. The maximum Gasteiger partial charge on any atom is 0.319 e. The number of anilines is 2. The molecule has 2 aromatic rings. The van der Waals surface area contributed by atoms with Crippen LogP contribution in [-0.4, -0.2) is 55.7 Å². The number of benzene rings is 2. The van der Waals surface area contributed by atoms with E-state index in [2.05, 4.69) is 10.6 Å². The van der Waals surface area contributed by atoms with Gasteiger partial charge in [0.1, 0.15) is 0 Å². The first kappa shape index (κ1) is 21.8. The molecule has 0 unspecified atom stereocenters. The topological polar surface area (TPSA) is 84.9 Å². The summed E-state index contributed by atoms with van der Waals surface area (Å²) in [5.74, 6) is -0.106. The molecular weight excluding hydrogens is 380 g/mol. The van der Waals surface area contributed by atoms with Crippen LogP contribution in [0.1, 0.15) is 24.5 Å². The van der Waals surface area contributed by atoms with Gasteiger partial charge in [-0.05, 0) is 38.2 Å². The van der Waals surface area contributed by atoms with E-state index in [9.17, 15) is 14.7 Å². The molecule has 0 aliphatic carbocycles. The van der Waals surface area contributed by atoms with Crippen molar-refractivity contribution in [1.82, 2.24) is 10.2 Å². The van der Waals surface area contributed by atoms with E-state index in [1.54, 1.807) is 11.0 Å². The van der Waals surface area contributed by atoms with Crippen molar-refractivity contribution in [2.45, 2.75) is 18.9 Å². The van der Waals surface area contributed by atoms with Gasteiger partial charge in [-0.1, -0.05) is 42.5 Å². The zero-order valence-electron chi connectivity index (χ0n) is 17.5. The first-order chi connectivity index (χ1) is 14.5. The van der Waals surface area contributed by atoms with Crippen molar-refractivity contribution in [2.24, 2.45) is 5.92 Å². The second kappa shape index (κ2) is 10.2. The number of nitrogens with zero attached hydrogens (tertiary/aromatic N) is 2. The van der Waals surface area contributed by atoms with E-state index >= 15 is 0 Å². The predicted molar refractivity (Wildman–Crippen MR) is 118 cm³/mol. The Labute approximate surface area is 177 Å². The third-order valence-electron chi connectivity index (χ3n) is 5.23. The number of hydrogen-bond acceptors (Lipinski definition) is 4.